The summed E-state index contributed by atoms with van der Waals surface area (Å²) < 4.78 is 0. The predicted octanol–water partition coefficient (Wildman–Crippen LogP) is 3.10. The van der Waals surface area contributed by atoms with E-state index in [-0.39, 0.29) is 18.3 Å². The van der Waals surface area contributed by atoms with Crippen LogP contribution in [0.5, 0.6) is 0 Å². The van der Waals surface area contributed by atoms with Crippen molar-refractivity contribution >= 4 is 41.7 Å². The normalized spacial score (nSPS) is 9.79. The number of thioether (sulfide) groups is 1. The maximum Gasteiger partial charge on any atom is 0.220 e. The van der Waals surface area contributed by atoms with Gasteiger partial charge in [-0.15, -0.1) is 24.2 Å². The molecular formula is C13H20Cl2N2OS. The molecule has 0 saturated carbocycles. The van der Waals surface area contributed by atoms with E-state index >= 15 is 0 Å². The molecule has 1 rings (SSSR count). The lowest BCUT2D eigenvalue weighted by Crippen LogP contribution is -2.25. The number of carbonyl (C=O) groups excluding carboxylic acids is 1. The van der Waals surface area contributed by atoms with E-state index in [0.717, 1.165) is 23.6 Å². The van der Waals surface area contributed by atoms with Gasteiger partial charge in [0.2, 0.25) is 5.91 Å². The molecule has 19 heavy (non-hydrogen) atoms. The maximum absolute atomic E-state index is 11.4. The van der Waals surface area contributed by atoms with Crippen molar-refractivity contribution in [3.63, 3.8) is 0 Å². The summed E-state index contributed by atoms with van der Waals surface area (Å²) in [4.78, 5) is 12.6. The highest BCUT2D eigenvalue weighted by Gasteiger charge is 2.00. The standard InChI is InChI=1S/C13H19ClN2OS.ClH/c14-11-4-6-12(7-5-11)18-10-1-3-13(17)16-9-2-8-15;/h4-7H,1-3,8-10,15H2,(H,16,17);1H. The number of amides is 1. The molecule has 3 N–H and O–H groups in total. The molecule has 0 unspecified atom stereocenters. The maximum atomic E-state index is 11.4. The third-order valence-corrected chi connectivity index (χ3v) is 3.68. The first kappa shape index (κ1) is 18.6. The molecule has 1 aromatic carbocycles. The number of halogens is 2. The van der Waals surface area contributed by atoms with Crippen LogP contribution in [-0.2, 0) is 4.79 Å². The lowest BCUT2D eigenvalue weighted by atomic mass is 10.3. The highest BCUT2D eigenvalue weighted by molar-refractivity contribution is 7.99. The van der Waals surface area contributed by atoms with Crippen molar-refractivity contribution in [2.45, 2.75) is 24.2 Å². The fraction of sp³-hybridized carbons (Fsp3) is 0.462. The number of hydrogen-bond donors (Lipinski definition) is 2. The van der Waals surface area contributed by atoms with Gasteiger partial charge in [0.25, 0.3) is 0 Å². The largest absolute Gasteiger partial charge is 0.356 e. The summed E-state index contributed by atoms with van der Waals surface area (Å²) in [7, 11) is 0. The van der Waals surface area contributed by atoms with Crippen molar-refractivity contribution in [2.24, 2.45) is 5.73 Å². The Morgan fingerprint density at radius 2 is 1.95 bits per heavy atom. The molecule has 0 radical (unpaired) electrons. The molecule has 0 saturated heterocycles. The van der Waals surface area contributed by atoms with Crippen LogP contribution in [0, 0.1) is 0 Å². The lowest BCUT2D eigenvalue weighted by molar-refractivity contribution is -0.121. The minimum absolute atomic E-state index is 0. The molecule has 0 fully saturated rings. The minimum Gasteiger partial charge on any atom is -0.356 e. The monoisotopic (exact) mass is 322 g/mol. The quantitative estimate of drug-likeness (QED) is 0.571. The Morgan fingerprint density at radius 1 is 1.26 bits per heavy atom. The molecular weight excluding hydrogens is 303 g/mol. The smallest absolute Gasteiger partial charge is 0.220 e. The zero-order chi connectivity index (χ0) is 13.2. The molecule has 0 heterocycles. The SMILES string of the molecule is Cl.NCCCNC(=O)CCCSc1ccc(Cl)cc1. The summed E-state index contributed by atoms with van der Waals surface area (Å²) in [6.45, 7) is 1.30. The van der Waals surface area contributed by atoms with Gasteiger partial charge < -0.3 is 11.1 Å². The predicted molar refractivity (Wildman–Crippen MR) is 85.3 cm³/mol. The average molecular weight is 323 g/mol. The van der Waals surface area contributed by atoms with Crippen LogP contribution < -0.4 is 11.1 Å². The van der Waals surface area contributed by atoms with Crippen LogP contribution in [0.15, 0.2) is 29.2 Å². The van der Waals surface area contributed by atoms with E-state index in [1.54, 1.807) is 11.8 Å². The zero-order valence-electron chi connectivity index (χ0n) is 10.7. The summed E-state index contributed by atoms with van der Waals surface area (Å²) >= 11 is 7.54. The average Bonchev–Trinajstić information content (AvgIpc) is 2.37. The summed E-state index contributed by atoms with van der Waals surface area (Å²) in [6.07, 6.45) is 2.29. The fourth-order valence-corrected chi connectivity index (χ4v) is 2.35. The van der Waals surface area contributed by atoms with Gasteiger partial charge in [-0.25, -0.2) is 0 Å². The van der Waals surface area contributed by atoms with Crippen LogP contribution in [0.2, 0.25) is 5.02 Å². The van der Waals surface area contributed by atoms with Gasteiger partial charge in [0.15, 0.2) is 0 Å². The van der Waals surface area contributed by atoms with Crippen LogP contribution >= 0.6 is 35.8 Å². The molecule has 0 atom stereocenters. The number of rotatable bonds is 8. The number of hydrogen-bond acceptors (Lipinski definition) is 3. The highest BCUT2D eigenvalue weighted by atomic mass is 35.5. The van der Waals surface area contributed by atoms with E-state index in [1.807, 2.05) is 24.3 Å². The van der Waals surface area contributed by atoms with Crippen LogP contribution in [0.4, 0.5) is 0 Å². The van der Waals surface area contributed by atoms with E-state index < -0.39 is 0 Å². The summed E-state index contributed by atoms with van der Waals surface area (Å²) in [5.41, 5.74) is 5.35. The highest BCUT2D eigenvalue weighted by Crippen LogP contribution is 2.21. The molecule has 1 amide bonds. The van der Waals surface area contributed by atoms with Crippen LogP contribution in [0.1, 0.15) is 19.3 Å². The summed E-state index contributed by atoms with van der Waals surface area (Å²) in [5, 5.41) is 3.59. The minimum atomic E-state index is 0. The third kappa shape index (κ3) is 9.16. The molecule has 6 heteroatoms. The van der Waals surface area contributed by atoms with E-state index in [9.17, 15) is 4.79 Å². The first-order chi connectivity index (χ1) is 8.72. The van der Waals surface area contributed by atoms with Crippen LogP contribution in [0.25, 0.3) is 0 Å². The van der Waals surface area contributed by atoms with Crippen LogP contribution in [-0.4, -0.2) is 24.7 Å². The van der Waals surface area contributed by atoms with Gasteiger partial charge in [0.1, 0.15) is 0 Å². The van der Waals surface area contributed by atoms with Gasteiger partial charge in [-0.05, 0) is 49.4 Å². The Bertz CT molecular complexity index is 360. The van der Waals surface area contributed by atoms with Crippen molar-refractivity contribution in [1.82, 2.24) is 5.32 Å². The Labute approximate surface area is 130 Å². The van der Waals surface area contributed by atoms with Crippen molar-refractivity contribution in [1.29, 1.82) is 0 Å². The molecule has 108 valence electrons. The van der Waals surface area contributed by atoms with Crippen molar-refractivity contribution in [3.05, 3.63) is 29.3 Å². The molecule has 0 aromatic heterocycles. The topological polar surface area (TPSA) is 55.1 Å². The fourth-order valence-electron chi connectivity index (χ4n) is 1.37. The second-order valence-electron chi connectivity index (χ2n) is 3.90. The van der Waals surface area contributed by atoms with E-state index in [0.29, 0.717) is 19.5 Å². The van der Waals surface area contributed by atoms with E-state index in [2.05, 4.69) is 5.32 Å². The number of nitrogens with one attached hydrogen (secondary N) is 1. The van der Waals surface area contributed by atoms with Crippen molar-refractivity contribution < 1.29 is 4.79 Å². The molecule has 0 bridgehead atoms. The van der Waals surface area contributed by atoms with Gasteiger partial charge in [-0.1, -0.05) is 11.6 Å². The Kier molecular flexibility index (Phi) is 11.2. The molecule has 0 aliphatic rings. The Morgan fingerprint density at radius 3 is 2.58 bits per heavy atom. The Balaban J connectivity index is 0.00000324. The molecule has 3 nitrogen and oxygen atoms in total. The Hall–Kier alpha value is -0.420. The number of carbonyl (C=O) groups is 1. The number of nitrogens with two attached hydrogens (primary N) is 1. The van der Waals surface area contributed by atoms with E-state index in [4.69, 9.17) is 17.3 Å². The molecule has 1 aromatic rings. The second-order valence-corrected chi connectivity index (χ2v) is 5.50. The second kappa shape index (κ2) is 11.4. The number of benzene rings is 1. The van der Waals surface area contributed by atoms with E-state index in [1.165, 1.54) is 4.90 Å². The van der Waals surface area contributed by atoms with Gasteiger partial charge in [-0.2, -0.15) is 0 Å². The third-order valence-electron chi connectivity index (χ3n) is 2.33. The summed E-state index contributed by atoms with van der Waals surface area (Å²) in [6, 6.07) is 7.75. The van der Waals surface area contributed by atoms with Gasteiger partial charge in [0, 0.05) is 22.9 Å². The molecule has 0 aliphatic carbocycles. The first-order valence-corrected chi connectivity index (χ1v) is 7.44. The molecule has 0 spiro atoms. The molecule has 0 aliphatic heterocycles. The van der Waals surface area contributed by atoms with Crippen molar-refractivity contribution in [3.8, 4) is 0 Å². The van der Waals surface area contributed by atoms with Gasteiger partial charge in [-0.3, -0.25) is 4.79 Å². The van der Waals surface area contributed by atoms with Crippen molar-refractivity contribution in [2.75, 3.05) is 18.8 Å². The summed E-state index contributed by atoms with van der Waals surface area (Å²) in [5.74, 6) is 1.05. The van der Waals surface area contributed by atoms with Crippen LogP contribution in [0.3, 0.4) is 0 Å². The zero-order valence-corrected chi connectivity index (χ0v) is 13.1. The van der Waals surface area contributed by atoms with Gasteiger partial charge in [0.05, 0.1) is 0 Å². The lowest BCUT2D eigenvalue weighted by Gasteiger charge is -2.04. The van der Waals surface area contributed by atoms with Gasteiger partial charge >= 0.3 is 0 Å². The first-order valence-electron chi connectivity index (χ1n) is 6.07.